The van der Waals surface area contributed by atoms with Gasteiger partial charge in [-0.1, -0.05) is 18.2 Å². The van der Waals surface area contributed by atoms with E-state index in [9.17, 15) is 18.4 Å². The normalized spacial score (nSPS) is 16.2. The number of esters is 1. The molecule has 4 nitrogen and oxygen atoms in total. The number of hydrogen-bond acceptors (Lipinski definition) is 4. The van der Waals surface area contributed by atoms with E-state index in [0.717, 1.165) is 0 Å². The van der Waals surface area contributed by atoms with Crippen molar-refractivity contribution in [2.45, 2.75) is 24.7 Å². The highest BCUT2D eigenvalue weighted by atomic mass is 127. The van der Waals surface area contributed by atoms with Gasteiger partial charge in [-0.25, -0.2) is 16.7 Å². The lowest BCUT2D eigenvalue weighted by atomic mass is 9.76. The van der Waals surface area contributed by atoms with Gasteiger partial charge in [0.05, 0.1) is 35.5 Å². The average Bonchev–Trinajstić information content (AvgIpc) is 3.02. The second kappa shape index (κ2) is 6.99. The fraction of sp³-hybridized carbons (Fsp3) is 0.294. The first-order chi connectivity index (χ1) is 11.8. The van der Waals surface area contributed by atoms with Crippen LogP contribution < -0.4 is 3.11 Å². The predicted octanol–water partition coefficient (Wildman–Crippen LogP) is 5.04. The van der Waals surface area contributed by atoms with Crippen LogP contribution in [0.3, 0.4) is 0 Å². The third-order valence-electron chi connectivity index (χ3n) is 4.10. The van der Waals surface area contributed by atoms with Gasteiger partial charge in [0, 0.05) is 18.4 Å². The van der Waals surface area contributed by atoms with E-state index in [-0.39, 0.29) is 24.3 Å². The zero-order chi connectivity index (χ0) is 18.2. The van der Waals surface area contributed by atoms with E-state index in [1.54, 1.807) is 35.7 Å². The van der Waals surface area contributed by atoms with Gasteiger partial charge in [0.15, 0.2) is 0 Å². The van der Waals surface area contributed by atoms with Gasteiger partial charge in [-0.05, 0) is 29.0 Å². The Bertz CT molecular complexity index is 801. The number of amides is 1. The van der Waals surface area contributed by atoms with Crippen molar-refractivity contribution in [3.8, 4) is 0 Å². The molecule has 2 aromatic rings. The molecule has 0 unspecified atom stereocenters. The molecular weight excluding hydrogens is 463 g/mol. The lowest BCUT2D eigenvalue weighted by Gasteiger charge is -2.35. The molecule has 0 saturated heterocycles. The van der Waals surface area contributed by atoms with Crippen LogP contribution in [0.2, 0.25) is 0 Å². The van der Waals surface area contributed by atoms with Crippen LogP contribution in [-0.4, -0.2) is 24.9 Å². The summed E-state index contributed by atoms with van der Waals surface area (Å²) < 4.78 is 32.6. The van der Waals surface area contributed by atoms with Crippen molar-refractivity contribution >= 4 is 51.1 Å². The molecule has 0 aliphatic heterocycles. The molecular formula is C17H14F2INO3S. The van der Waals surface area contributed by atoms with Gasteiger partial charge in [0.2, 0.25) is 5.92 Å². The Morgan fingerprint density at radius 2 is 1.92 bits per heavy atom. The first-order valence-corrected chi connectivity index (χ1v) is 9.31. The van der Waals surface area contributed by atoms with E-state index >= 15 is 0 Å². The number of nitrogens with zero attached hydrogens (tertiary/aromatic N) is 1. The summed E-state index contributed by atoms with van der Waals surface area (Å²) in [5.74, 6) is -4.00. The molecule has 132 valence electrons. The molecule has 1 aliphatic carbocycles. The molecule has 1 heterocycles. The highest BCUT2D eigenvalue weighted by molar-refractivity contribution is 14.1. The first kappa shape index (κ1) is 18.2. The maximum absolute atomic E-state index is 13.2. The Hall–Kier alpha value is -1.55. The summed E-state index contributed by atoms with van der Waals surface area (Å²) in [6.45, 7) is 0. The van der Waals surface area contributed by atoms with Crippen molar-refractivity contribution in [2.24, 2.45) is 0 Å². The minimum absolute atomic E-state index is 0.201. The van der Waals surface area contributed by atoms with Crippen LogP contribution in [0.25, 0.3) is 0 Å². The van der Waals surface area contributed by atoms with Gasteiger partial charge < -0.3 is 4.74 Å². The summed E-state index contributed by atoms with van der Waals surface area (Å²) in [7, 11) is 1.24. The largest absolute Gasteiger partial charge is 0.465 e. The highest BCUT2D eigenvalue weighted by Crippen LogP contribution is 2.52. The third kappa shape index (κ3) is 3.55. The second-order valence-electron chi connectivity index (χ2n) is 5.78. The summed E-state index contributed by atoms with van der Waals surface area (Å²) in [4.78, 5) is 24.9. The standard InChI is InChI=1S/C17H14F2INO3S/c1-24-16(23)13-12(11-7-17(18,19)8-11)9-25-15(13)21(20)14(22)10-5-3-2-4-6-10/h2-6,9,11H,7-8H2,1H3. The molecule has 0 atom stereocenters. The Morgan fingerprint density at radius 1 is 1.28 bits per heavy atom. The number of halogens is 3. The quantitative estimate of drug-likeness (QED) is 0.352. The predicted molar refractivity (Wildman–Crippen MR) is 99.9 cm³/mol. The zero-order valence-electron chi connectivity index (χ0n) is 13.2. The van der Waals surface area contributed by atoms with Crippen LogP contribution in [0.15, 0.2) is 35.7 Å². The van der Waals surface area contributed by atoms with Gasteiger partial charge in [-0.3, -0.25) is 4.79 Å². The minimum Gasteiger partial charge on any atom is -0.465 e. The molecule has 0 radical (unpaired) electrons. The zero-order valence-corrected chi connectivity index (χ0v) is 16.1. The summed E-state index contributed by atoms with van der Waals surface area (Å²) in [5.41, 5.74) is 1.20. The summed E-state index contributed by atoms with van der Waals surface area (Å²) in [6.07, 6.45) is -0.581. The molecule has 0 spiro atoms. The van der Waals surface area contributed by atoms with Crippen molar-refractivity contribution in [1.82, 2.24) is 0 Å². The van der Waals surface area contributed by atoms with Gasteiger partial charge in [0.1, 0.15) is 5.00 Å². The smallest absolute Gasteiger partial charge is 0.341 e. The fourth-order valence-corrected chi connectivity index (χ4v) is 4.68. The maximum Gasteiger partial charge on any atom is 0.341 e. The number of alkyl halides is 2. The number of carbonyl (C=O) groups excluding carboxylic acids is 2. The monoisotopic (exact) mass is 477 g/mol. The van der Waals surface area contributed by atoms with Crippen LogP contribution in [0, 0.1) is 0 Å². The SMILES string of the molecule is COC(=O)c1c(C2CC(F)(F)C2)csc1N(I)C(=O)c1ccccc1. The molecule has 1 saturated carbocycles. The molecule has 3 rings (SSSR count). The van der Waals surface area contributed by atoms with Crippen molar-refractivity contribution in [2.75, 3.05) is 10.2 Å². The number of ether oxygens (including phenoxy) is 1. The molecule has 1 aromatic heterocycles. The average molecular weight is 477 g/mol. The van der Waals surface area contributed by atoms with E-state index < -0.39 is 17.8 Å². The molecule has 8 heteroatoms. The van der Waals surface area contributed by atoms with Crippen molar-refractivity contribution in [3.63, 3.8) is 0 Å². The molecule has 1 aromatic carbocycles. The molecule has 1 fully saturated rings. The van der Waals surface area contributed by atoms with Gasteiger partial charge in [-0.15, -0.1) is 11.3 Å². The topological polar surface area (TPSA) is 46.6 Å². The van der Waals surface area contributed by atoms with E-state index in [1.165, 1.54) is 21.6 Å². The molecule has 25 heavy (non-hydrogen) atoms. The molecule has 0 bridgehead atoms. The number of rotatable bonds is 4. The van der Waals surface area contributed by atoms with Crippen LogP contribution in [0.5, 0.6) is 0 Å². The number of thiophene rings is 1. The molecule has 1 aliphatic rings. The first-order valence-electron chi connectivity index (χ1n) is 7.47. The van der Waals surface area contributed by atoms with Crippen LogP contribution in [-0.2, 0) is 4.74 Å². The summed E-state index contributed by atoms with van der Waals surface area (Å²) in [5, 5.41) is 2.07. The Balaban J connectivity index is 1.94. The molecule has 0 N–H and O–H groups in total. The van der Waals surface area contributed by atoms with Gasteiger partial charge in [0.25, 0.3) is 5.91 Å². The lowest BCUT2D eigenvalue weighted by molar-refractivity contribution is -0.0868. The van der Waals surface area contributed by atoms with E-state index in [0.29, 0.717) is 16.1 Å². The van der Waals surface area contributed by atoms with Crippen molar-refractivity contribution in [1.29, 1.82) is 0 Å². The number of anilines is 1. The van der Waals surface area contributed by atoms with Crippen LogP contribution >= 0.6 is 34.2 Å². The Kier molecular flexibility index (Phi) is 5.10. The van der Waals surface area contributed by atoms with E-state index in [1.807, 2.05) is 22.9 Å². The van der Waals surface area contributed by atoms with Gasteiger partial charge in [-0.2, -0.15) is 0 Å². The van der Waals surface area contributed by atoms with Crippen molar-refractivity contribution < 1.29 is 23.1 Å². The summed E-state index contributed by atoms with van der Waals surface area (Å²) in [6, 6.07) is 8.64. The van der Waals surface area contributed by atoms with Crippen LogP contribution in [0.1, 0.15) is 45.0 Å². The van der Waals surface area contributed by atoms with E-state index in [2.05, 4.69) is 0 Å². The molecule has 1 amide bonds. The summed E-state index contributed by atoms with van der Waals surface area (Å²) >= 11 is 3.00. The number of benzene rings is 1. The number of hydrogen-bond donors (Lipinski definition) is 0. The number of methoxy groups -OCH3 is 1. The van der Waals surface area contributed by atoms with E-state index in [4.69, 9.17) is 4.74 Å². The highest BCUT2D eigenvalue weighted by Gasteiger charge is 2.48. The number of carbonyl (C=O) groups is 2. The van der Waals surface area contributed by atoms with Crippen molar-refractivity contribution in [3.05, 3.63) is 52.4 Å². The Morgan fingerprint density at radius 3 is 2.48 bits per heavy atom. The minimum atomic E-state index is -2.69. The van der Waals surface area contributed by atoms with Gasteiger partial charge >= 0.3 is 5.97 Å². The van der Waals surface area contributed by atoms with Crippen LogP contribution in [0.4, 0.5) is 13.8 Å². The third-order valence-corrected chi connectivity index (χ3v) is 6.33. The fourth-order valence-electron chi connectivity index (χ4n) is 2.78. The second-order valence-corrected chi connectivity index (χ2v) is 7.60. The maximum atomic E-state index is 13.2. The lowest BCUT2D eigenvalue weighted by Crippen LogP contribution is -2.34. The Labute approximate surface area is 161 Å².